The number of nitrogens with one attached hydrogen (secondary N) is 1. The van der Waals surface area contributed by atoms with Crippen LogP contribution in [-0.2, 0) is 12.8 Å². The fraction of sp³-hybridized carbons (Fsp3) is 0.150. The standard InChI is InChI=1S/C20H13ClF3N3O2S/c1-30-19-26-17(15(9-25)18(28)27-19)14-8-13(21)5-6-16(14)29-10-11-3-2-4-12(7-11)20(22,23)24/h2-8H,10H2,1H3,(H,26,27,28). The van der Waals surface area contributed by atoms with Crippen LogP contribution >= 0.6 is 23.4 Å². The minimum absolute atomic E-state index is 0.0761. The van der Waals surface area contributed by atoms with Crippen molar-refractivity contribution in [3.05, 3.63) is 74.5 Å². The van der Waals surface area contributed by atoms with Crippen molar-refractivity contribution < 1.29 is 17.9 Å². The number of rotatable bonds is 5. The van der Waals surface area contributed by atoms with Crippen LogP contribution in [0.3, 0.4) is 0 Å². The summed E-state index contributed by atoms with van der Waals surface area (Å²) < 4.78 is 44.5. The first kappa shape index (κ1) is 21.7. The molecule has 1 N–H and O–H groups in total. The maximum absolute atomic E-state index is 12.9. The molecule has 1 heterocycles. The number of hydrogen-bond acceptors (Lipinski definition) is 5. The van der Waals surface area contributed by atoms with Crippen molar-refractivity contribution >= 4 is 23.4 Å². The monoisotopic (exact) mass is 451 g/mol. The van der Waals surface area contributed by atoms with E-state index in [0.717, 1.165) is 12.1 Å². The highest BCUT2D eigenvalue weighted by atomic mass is 35.5. The molecule has 3 aromatic rings. The number of hydrogen-bond donors (Lipinski definition) is 1. The Balaban J connectivity index is 2.02. The van der Waals surface area contributed by atoms with Gasteiger partial charge >= 0.3 is 6.18 Å². The van der Waals surface area contributed by atoms with Crippen molar-refractivity contribution in [2.45, 2.75) is 17.9 Å². The molecule has 0 fully saturated rings. The summed E-state index contributed by atoms with van der Waals surface area (Å²) in [6.45, 7) is -0.168. The van der Waals surface area contributed by atoms with Crippen molar-refractivity contribution in [1.82, 2.24) is 9.97 Å². The lowest BCUT2D eigenvalue weighted by Crippen LogP contribution is -2.15. The van der Waals surface area contributed by atoms with Crippen LogP contribution in [0.1, 0.15) is 16.7 Å². The van der Waals surface area contributed by atoms with Crippen molar-refractivity contribution in [3.63, 3.8) is 0 Å². The summed E-state index contributed by atoms with van der Waals surface area (Å²) in [4.78, 5) is 19.0. The molecule has 0 amide bonds. The summed E-state index contributed by atoms with van der Waals surface area (Å²) in [5, 5.41) is 10.0. The van der Waals surface area contributed by atoms with Gasteiger partial charge in [-0.2, -0.15) is 18.4 Å². The molecule has 0 aliphatic rings. The number of nitrogens with zero attached hydrogens (tertiary/aromatic N) is 2. The lowest BCUT2D eigenvalue weighted by molar-refractivity contribution is -0.137. The Morgan fingerprint density at radius 1 is 1.27 bits per heavy atom. The molecule has 0 saturated heterocycles. The number of benzene rings is 2. The Kier molecular flexibility index (Phi) is 6.39. The summed E-state index contributed by atoms with van der Waals surface area (Å²) in [6.07, 6.45) is -2.76. The quantitative estimate of drug-likeness (QED) is 0.421. The average molecular weight is 452 g/mol. The molecule has 30 heavy (non-hydrogen) atoms. The van der Waals surface area contributed by atoms with Gasteiger partial charge in [0, 0.05) is 10.6 Å². The predicted molar refractivity (Wildman–Crippen MR) is 108 cm³/mol. The van der Waals surface area contributed by atoms with E-state index < -0.39 is 17.3 Å². The second kappa shape index (κ2) is 8.81. The third-order valence-corrected chi connectivity index (χ3v) is 4.86. The van der Waals surface area contributed by atoms with E-state index in [1.165, 1.54) is 42.1 Å². The smallest absolute Gasteiger partial charge is 0.416 e. The number of alkyl halides is 3. The molecule has 5 nitrogen and oxygen atoms in total. The zero-order valence-electron chi connectivity index (χ0n) is 15.4. The van der Waals surface area contributed by atoms with Crippen LogP contribution in [-0.4, -0.2) is 16.2 Å². The second-order valence-electron chi connectivity index (χ2n) is 6.04. The number of aromatic nitrogens is 2. The van der Waals surface area contributed by atoms with E-state index >= 15 is 0 Å². The molecule has 0 spiro atoms. The predicted octanol–water partition coefficient (Wildman–Crippen LogP) is 5.28. The summed E-state index contributed by atoms with van der Waals surface area (Å²) in [6, 6.07) is 11.1. The molecule has 0 saturated carbocycles. The molecule has 3 rings (SSSR count). The third-order valence-electron chi connectivity index (χ3n) is 4.05. The average Bonchev–Trinajstić information content (AvgIpc) is 2.71. The van der Waals surface area contributed by atoms with Gasteiger partial charge < -0.3 is 9.72 Å². The fourth-order valence-electron chi connectivity index (χ4n) is 2.66. The molecule has 0 aliphatic carbocycles. The van der Waals surface area contributed by atoms with E-state index in [0.29, 0.717) is 10.6 Å². The van der Waals surface area contributed by atoms with Crippen LogP contribution in [0.15, 0.2) is 52.4 Å². The normalized spacial score (nSPS) is 11.2. The van der Waals surface area contributed by atoms with E-state index in [-0.39, 0.29) is 34.3 Å². The number of halogens is 4. The number of ether oxygens (including phenoxy) is 1. The first-order chi connectivity index (χ1) is 14.2. The fourth-order valence-corrected chi connectivity index (χ4v) is 3.21. The molecule has 0 atom stereocenters. The van der Waals surface area contributed by atoms with Gasteiger partial charge in [0.2, 0.25) is 0 Å². The van der Waals surface area contributed by atoms with Gasteiger partial charge in [-0.15, -0.1) is 0 Å². The van der Waals surface area contributed by atoms with Crippen molar-refractivity contribution in [1.29, 1.82) is 5.26 Å². The van der Waals surface area contributed by atoms with Crippen molar-refractivity contribution in [2.24, 2.45) is 0 Å². The van der Waals surface area contributed by atoms with Gasteiger partial charge in [-0.05, 0) is 42.2 Å². The summed E-state index contributed by atoms with van der Waals surface area (Å²) in [7, 11) is 0. The highest BCUT2D eigenvalue weighted by Crippen LogP contribution is 2.34. The Morgan fingerprint density at radius 3 is 2.70 bits per heavy atom. The molecule has 10 heteroatoms. The Hall–Kier alpha value is -2.96. The minimum atomic E-state index is -4.47. The maximum Gasteiger partial charge on any atom is 0.416 e. The van der Waals surface area contributed by atoms with E-state index in [9.17, 15) is 23.2 Å². The highest BCUT2D eigenvalue weighted by Gasteiger charge is 2.30. The zero-order valence-corrected chi connectivity index (χ0v) is 17.0. The maximum atomic E-state index is 12.9. The summed E-state index contributed by atoms with van der Waals surface area (Å²) in [5.74, 6) is 0.221. The van der Waals surface area contributed by atoms with Crippen LogP contribution in [0.25, 0.3) is 11.3 Å². The van der Waals surface area contributed by atoms with Crippen molar-refractivity contribution in [2.75, 3.05) is 6.26 Å². The zero-order chi connectivity index (χ0) is 21.9. The van der Waals surface area contributed by atoms with Crippen molar-refractivity contribution in [3.8, 4) is 23.1 Å². The van der Waals surface area contributed by atoms with Gasteiger partial charge in [0.15, 0.2) is 5.16 Å². The summed E-state index contributed by atoms with van der Waals surface area (Å²) >= 11 is 7.26. The van der Waals surface area contributed by atoms with Gasteiger partial charge in [0.25, 0.3) is 5.56 Å². The molecule has 2 aromatic carbocycles. The minimum Gasteiger partial charge on any atom is -0.488 e. The van der Waals surface area contributed by atoms with E-state index in [1.54, 1.807) is 6.26 Å². The topological polar surface area (TPSA) is 78.8 Å². The first-order valence-corrected chi connectivity index (χ1v) is 10.0. The molecular weight excluding hydrogens is 439 g/mol. The number of aromatic amines is 1. The third kappa shape index (κ3) is 4.78. The van der Waals surface area contributed by atoms with Crippen LogP contribution in [0, 0.1) is 11.3 Å². The Labute approximate surface area is 178 Å². The summed E-state index contributed by atoms with van der Waals surface area (Å²) in [5.41, 5.74) is -0.961. The van der Waals surface area contributed by atoms with Crippen LogP contribution < -0.4 is 10.3 Å². The van der Waals surface area contributed by atoms with E-state index in [4.69, 9.17) is 16.3 Å². The lowest BCUT2D eigenvalue weighted by Gasteiger charge is -2.14. The highest BCUT2D eigenvalue weighted by molar-refractivity contribution is 7.98. The number of H-pyrrole nitrogens is 1. The molecular formula is C20H13ClF3N3O2S. The lowest BCUT2D eigenvalue weighted by atomic mass is 10.1. The van der Waals surface area contributed by atoms with Crippen LogP contribution in [0.2, 0.25) is 5.02 Å². The number of thioether (sulfide) groups is 1. The molecule has 0 bridgehead atoms. The molecule has 1 aromatic heterocycles. The van der Waals surface area contributed by atoms with E-state index in [2.05, 4.69) is 9.97 Å². The van der Waals surface area contributed by atoms with Gasteiger partial charge in [-0.1, -0.05) is 35.5 Å². The SMILES string of the molecule is CSc1nc(-c2cc(Cl)ccc2OCc2cccc(C(F)(F)F)c2)c(C#N)c(=O)[nH]1. The largest absolute Gasteiger partial charge is 0.488 e. The Bertz CT molecular complexity index is 1190. The van der Waals surface area contributed by atoms with Gasteiger partial charge in [-0.25, -0.2) is 4.98 Å². The van der Waals surface area contributed by atoms with Crippen LogP contribution in [0.5, 0.6) is 5.75 Å². The molecule has 154 valence electrons. The first-order valence-electron chi connectivity index (χ1n) is 8.40. The number of nitriles is 1. The van der Waals surface area contributed by atoms with Gasteiger partial charge in [0.1, 0.15) is 29.7 Å². The van der Waals surface area contributed by atoms with E-state index in [1.807, 2.05) is 6.07 Å². The van der Waals surface area contributed by atoms with Crippen LogP contribution in [0.4, 0.5) is 13.2 Å². The van der Waals surface area contributed by atoms with Gasteiger partial charge in [-0.3, -0.25) is 4.79 Å². The molecule has 0 aliphatic heterocycles. The second-order valence-corrected chi connectivity index (χ2v) is 7.27. The molecule has 0 radical (unpaired) electrons. The van der Waals surface area contributed by atoms with Gasteiger partial charge in [0.05, 0.1) is 5.56 Å². The molecule has 0 unspecified atom stereocenters. The Morgan fingerprint density at radius 2 is 2.03 bits per heavy atom.